The predicted octanol–water partition coefficient (Wildman–Crippen LogP) is 2.95. The maximum Gasteiger partial charge on any atom is 0.379 e. The van der Waals surface area contributed by atoms with Crippen molar-refractivity contribution in [1.82, 2.24) is 0 Å². The molecule has 0 aliphatic rings. The predicted molar refractivity (Wildman–Crippen MR) is 72.8 cm³/mol. The number of hydrogen-bond acceptors (Lipinski definition) is 4. The molecule has 0 aliphatic heterocycles. The van der Waals surface area contributed by atoms with Gasteiger partial charge in [0.1, 0.15) is 11.7 Å². The van der Waals surface area contributed by atoms with Gasteiger partial charge >= 0.3 is 5.63 Å². The van der Waals surface area contributed by atoms with Gasteiger partial charge in [0.2, 0.25) is 5.75 Å². The smallest absolute Gasteiger partial charge is 0.379 e. The summed E-state index contributed by atoms with van der Waals surface area (Å²) in [6, 6.07) is 6.70. The van der Waals surface area contributed by atoms with Crippen molar-refractivity contribution < 1.29 is 13.9 Å². The van der Waals surface area contributed by atoms with Gasteiger partial charge < -0.3 is 9.15 Å². The number of rotatable bonds is 4. The van der Waals surface area contributed by atoms with E-state index in [9.17, 15) is 9.59 Å². The highest BCUT2D eigenvalue weighted by Crippen LogP contribution is 2.21. The van der Waals surface area contributed by atoms with E-state index >= 15 is 0 Å². The molecule has 98 valence electrons. The quantitative estimate of drug-likeness (QED) is 0.480. The lowest BCUT2D eigenvalue weighted by molar-refractivity contribution is 0.101. The first-order chi connectivity index (χ1) is 9.02. The molecule has 2 rings (SSSR count). The summed E-state index contributed by atoms with van der Waals surface area (Å²) in [6.07, 6.45) is 1.28. The molecule has 1 aromatic heterocycles. The third-order valence-corrected chi connectivity index (χ3v) is 2.75. The van der Waals surface area contributed by atoms with Gasteiger partial charge in [-0.05, 0) is 26.0 Å². The molecule has 0 bridgehead atoms. The van der Waals surface area contributed by atoms with Gasteiger partial charge in [-0.15, -0.1) is 0 Å². The molecule has 1 aromatic carbocycles. The second kappa shape index (κ2) is 5.10. The Morgan fingerprint density at radius 1 is 1.47 bits per heavy atom. The Labute approximate surface area is 110 Å². The van der Waals surface area contributed by atoms with E-state index in [1.54, 1.807) is 37.3 Å². The Balaban J connectivity index is 2.61. The van der Waals surface area contributed by atoms with E-state index < -0.39 is 5.63 Å². The number of fused-ring (bicyclic) bond motifs is 1. The van der Waals surface area contributed by atoms with Crippen LogP contribution >= 0.6 is 0 Å². The summed E-state index contributed by atoms with van der Waals surface area (Å²) in [5, 5.41) is 0.651. The lowest BCUT2D eigenvalue weighted by Gasteiger charge is -2.10. The minimum atomic E-state index is -0.602. The minimum absolute atomic E-state index is 0.112. The van der Waals surface area contributed by atoms with Crippen molar-refractivity contribution in [1.29, 1.82) is 0 Å². The zero-order valence-corrected chi connectivity index (χ0v) is 10.8. The Morgan fingerprint density at radius 3 is 2.84 bits per heavy atom. The molecule has 2 aromatic rings. The number of benzene rings is 1. The molecule has 0 aliphatic carbocycles. The number of para-hydroxylation sites is 1. The van der Waals surface area contributed by atoms with E-state index in [2.05, 4.69) is 6.58 Å². The van der Waals surface area contributed by atoms with Gasteiger partial charge in [-0.2, -0.15) is 0 Å². The van der Waals surface area contributed by atoms with Crippen molar-refractivity contribution in [2.24, 2.45) is 0 Å². The zero-order chi connectivity index (χ0) is 14.0. The molecule has 0 radical (unpaired) electrons. The van der Waals surface area contributed by atoms with Crippen LogP contribution in [0.4, 0.5) is 0 Å². The molecule has 0 amide bonds. The number of carbonyl (C=O) groups excluding carboxylic acids is 1. The molecule has 0 N–H and O–H groups in total. The topological polar surface area (TPSA) is 56.5 Å². The third-order valence-electron chi connectivity index (χ3n) is 2.75. The van der Waals surface area contributed by atoms with Crippen molar-refractivity contribution in [3.63, 3.8) is 0 Å². The largest absolute Gasteiger partial charge is 0.479 e. The molecule has 4 heteroatoms. The van der Waals surface area contributed by atoms with Crippen LogP contribution in [0.2, 0.25) is 0 Å². The fourth-order valence-electron chi connectivity index (χ4n) is 1.73. The van der Waals surface area contributed by atoms with Crippen molar-refractivity contribution in [2.45, 2.75) is 20.0 Å². The summed E-state index contributed by atoms with van der Waals surface area (Å²) in [4.78, 5) is 23.3. The van der Waals surface area contributed by atoms with E-state index in [0.717, 1.165) is 0 Å². The summed E-state index contributed by atoms with van der Waals surface area (Å²) in [5.41, 5.74) is 0.0754. The van der Waals surface area contributed by atoms with E-state index in [0.29, 0.717) is 16.5 Å². The summed E-state index contributed by atoms with van der Waals surface area (Å²) < 4.78 is 10.6. The minimum Gasteiger partial charge on any atom is -0.479 e. The van der Waals surface area contributed by atoms with E-state index in [1.807, 2.05) is 0 Å². The molecule has 0 fully saturated rings. The second-order valence-corrected chi connectivity index (χ2v) is 4.24. The fourth-order valence-corrected chi connectivity index (χ4v) is 1.73. The Kier molecular flexibility index (Phi) is 3.51. The Bertz CT molecular complexity index is 697. The highest BCUT2D eigenvalue weighted by Gasteiger charge is 2.13. The summed E-state index contributed by atoms with van der Waals surface area (Å²) in [6.45, 7) is 6.78. The van der Waals surface area contributed by atoms with Gasteiger partial charge in [-0.25, -0.2) is 4.79 Å². The summed E-state index contributed by atoms with van der Waals surface area (Å²) >= 11 is 0. The standard InChI is InChI=1S/C15H14O4/c1-4-9(2)18-13-8-11-6-5-7-12(10(3)16)14(11)19-15(13)17/h4-9H,1H2,2-3H3. The summed E-state index contributed by atoms with van der Waals surface area (Å²) in [7, 11) is 0. The number of Topliss-reactive ketones (excluding diaryl/α,β-unsaturated/α-hetero) is 1. The second-order valence-electron chi connectivity index (χ2n) is 4.24. The molecule has 0 saturated heterocycles. The average Bonchev–Trinajstić information content (AvgIpc) is 2.38. The molecule has 0 spiro atoms. The normalized spacial score (nSPS) is 12.1. The first-order valence-corrected chi connectivity index (χ1v) is 5.90. The van der Waals surface area contributed by atoms with Crippen molar-refractivity contribution in [3.8, 4) is 5.75 Å². The van der Waals surface area contributed by atoms with Crippen LogP contribution in [0.15, 0.2) is 46.1 Å². The molecule has 19 heavy (non-hydrogen) atoms. The number of carbonyl (C=O) groups is 1. The third kappa shape index (κ3) is 2.57. The molecule has 1 heterocycles. The number of ether oxygens (including phenoxy) is 1. The van der Waals surface area contributed by atoms with Crippen LogP contribution in [0, 0.1) is 0 Å². The van der Waals surface area contributed by atoms with Gasteiger partial charge in [0.05, 0.1) is 5.56 Å². The van der Waals surface area contributed by atoms with Gasteiger partial charge in [0.25, 0.3) is 0 Å². The Hall–Kier alpha value is -2.36. The van der Waals surface area contributed by atoms with Crippen LogP contribution in [0.25, 0.3) is 11.0 Å². The van der Waals surface area contributed by atoms with Crippen LogP contribution in [0.5, 0.6) is 5.75 Å². The average molecular weight is 258 g/mol. The maximum atomic E-state index is 11.8. The molecular weight excluding hydrogens is 244 g/mol. The highest BCUT2D eigenvalue weighted by atomic mass is 16.5. The van der Waals surface area contributed by atoms with Crippen LogP contribution < -0.4 is 10.4 Å². The number of hydrogen-bond donors (Lipinski definition) is 0. The van der Waals surface area contributed by atoms with Crippen LogP contribution in [0.3, 0.4) is 0 Å². The van der Waals surface area contributed by atoms with E-state index in [1.165, 1.54) is 6.92 Å². The highest BCUT2D eigenvalue weighted by molar-refractivity contribution is 6.04. The Morgan fingerprint density at radius 2 is 2.21 bits per heavy atom. The SMILES string of the molecule is C=CC(C)Oc1cc2cccc(C(C)=O)c2oc1=O. The van der Waals surface area contributed by atoms with Crippen LogP contribution in [-0.4, -0.2) is 11.9 Å². The van der Waals surface area contributed by atoms with Crippen molar-refractivity contribution in [2.75, 3.05) is 0 Å². The first-order valence-electron chi connectivity index (χ1n) is 5.90. The number of ketones is 1. The maximum absolute atomic E-state index is 11.8. The monoisotopic (exact) mass is 258 g/mol. The first kappa shape index (κ1) is 13.1. The zero-order valence-electron chi connectivity index (χ0n) is 10.8. The molecule has 1 atom stereocenters. The van der Waals surface area contributed by atoms with Crippen LogP contribution in [-0.2, 0) is 0 Å². The molecule has 0 saturated carbocycles. The van der Waals surface area contributed by atoms with E-state index in [4.69, 9.17) is 9.15 Å². The molecule has 1 unspecified atom stereocenters. The molecule has 4 nitrogen and oxygen atoms in total. The van der Waals surface area contributed by atoms with Crippen molar-refractivity contribution in [3.05, 3.63) is 52.9 Å². The lowest BCUT2D eigenvalue weighted by atomic mass is 10.1. The van der Waals surface area contributed by atoms with E-state index in [-0.39, 0.29) is 17.6 Å². The lowest BCUT2D eigenvalue weighted by Crippen LogP contribution is -2.14. The molecular formula is C15H14O4. The fraction of sp³-hybridized carbons (Fsp3) is 0.200. The van der Waals surface area contributed by atoms with Gasteiger partial charge in [-0.3, -0.25) is 4.79 Å². The van der Waals surface area contributed by atoms with Gasteiger partial charge in [0, 0.05) is 5.39 Å². The van der Waals surface area contributed by atoms with Crippen LogP contribution in [0.1, 0.15) is 24.2 Å². The van der Waals surface area contributed by atoms with Gasteiger partial charge in [0.15, 0.2) is 5.78 Å². The summed E-state index contributed by atoms with van der Waals surface area (Å²) in [5.74, 6) is -0.0394. The van der Waals surface area contributed by atoms with Gasteiger partial charge in [-0.1, -0.05) is 24.8 Å². The van der Waals surface area contributed by atoms with Crippen molar-refractivity contribution >= 4 is 16.8 Å².